The maximum absolute atomic E-state index is 5.07. The highest BCUT2D eigenvalue weighted by molar-refractivity contribution is 6.25. The Morgan fingerprint density at radius 1 is 0.525 bits per heavy atom. The summed E-state index contributed by atoms with van der Waals surface area (Å²) in [6, 6.07) is 36.3. The zero-order chi connectivity index (χ0) is 26.2. The van der Waals surface area contributed by atoms with E-state index in [-0.39, 0.29) is 0 Å². The van der Waals surface area contributed by atoms with Crippen LogP contribution in [-0.4, -0.2) is 24.1 Å². The Morgan fingerprint density at radius 2 is 1.32 bits per heavy atom. The van der Waals surface area contributed by atoms with Gasteiger partial charge in [0.05, 0.1) is 39.3 Å². The van der Waals surface area contributed by atoms with Crippen LogP contribution in [0.3, 0.4) is 0 Å². The molecule has 0 aliphatic rings. The maximum Gasteiger partial charge on any atom is 0.147 e. The molecule has 0 N–H and O–H groups in total. The van der Waals surface area contributed by atoms with Gasteiger partial charge >= 0.3 is 0 Å². The van der Waals surface area contributed by atoms with Gasteiger partial charge in [0.25, 0.3) is 0 Å². The molecule has 0 unspecified atom stereocenters. The first-order valence-electron chi connectivity index (χ1n) is 13.4. The van der Waals surface area contributed by atoms with Gasteiger partial charge in [-0.2, -0.15) is 0 Å². The van der Waals surface area contributed by atoms with E-state index in [9.17, 15) is 0 Å². The molecule has 0 spiro atoms. The van der Waals surface area contributed by atoms with Gasteiger partial charge in [-0.05, 0) is 52.6 Å². The van der Waals surface area contributed by atoms with Crippen molar-refractivity contribution in [2.75, 3.05) is 0 Å². The van der Waals surface area contributed by atoms with Crippen molar-refractivity contribution < 1.29 is 0 Å². The Hall–Kier alpha value is -5.55. The second kappa shape index (κ2) is 7.98. The van der Waals surface area contributed by atoms with Crippen LogP contribution in [0.1, 0.15) is 0 Å². The first-order valence-corrected chi connectivity index (χ1v) is 13.4. The highest BCUT2D eigenvalue weighted by Crippen LogP contribution is 2.42. The largest absolute Gasteiger partial charge is 0.306 e. The number of pyridine rings is 3. The number of aromatic nitrogens is 5. The molecule has 5 aromatic heterocycles. The second-order valence-corrected chi connectivity index (χ2v) is 10.2. The Bertz CT molecular complexity index is 2430. The Balaban J connectivity index is 1.56. The van der Waals surface area contributed by atoms with Crippen LogP contribution in [-0.2, 0) is 0 Å². The van der Waals surface area contributed by atoms with Crippen LogP contribution in [0.25, 0.3) is 76.8 Å². The quantitative estimate of drug-likeness (QED) is 0.219. The highest BCUT2D eigenvalue weighted by Gasteiger charge is 2.23. The van der Waals surface area contributed by atoms with Crippen molar-refractivity contribution in [3.05, 3.63) is 128 Å². The smallest absolute Gasteiger partial charge is 0.147 e. The highest BCUT2D eigenvalue weighted by atomic mass is 15.1. The summed E-state index contributed by atoms with van der Waals surface area (Å²) in [6.07, 6.45) is 7.66. The fourth-order valence-corrected chi connectivity index (χ4v) is 6.42. The van der Waals surface area contributed by atoms with Crippen molar-refractivity contribution in [2.24, 2.45) is 0 Å². The van der Waals surface area contributed by atoms with Gasteiger partial charge in [0, 0.05) is 40.4 Å². The lowest BCUT2D eigenvalue weighted by molar-refractivity contribution is 1.13. The summed E-state index contributed by atoms with van der Waals surface area (Å²) >= 11 is 0. The molecular weight excluding hydrogens is 490 g/mol. The molecule has 0 atom stereocenters. The molecule has 0 bridgehead atoms. The lowest BCUT2D eigenvalue weighted by Gasteiger charge is -2.14. The molecule has 0 aliphatic heterocycles. The molecule has 9 aromatic rings. The zero-order valence-corrected chi connectivity index (χ0v) is 21.4. The third kappa shape index (κ3) is 2.78. The first kappa shape index (κ1) is 21.4. The molecule has 9 rings (SSSR count). The van der Waals surface area contributed by atoms with Crippen LogP contribution in [0.4, 0.5) is 0 Å². The third-order valence-electron chi connectivity index (χ3n) is 8.06. The molecule has 0 saturated carbocycles. The molecule has 186 valence electrons. The number of para-hydroxylation sites is 1. The van der Waals surface area contributed by atoms with Gasteiger partial charge in [-0.25, -0.2) is 4.98 Å². The van der Waals surface area contributed by atoms with Gasteiger partial charge in [-0.3, -0.25) is 14.5 Å². The lowest BCUT2D eigenvalue weighted by atomic mass is 10.00. The van der Waals surface area contributed by atoms with Crippen LogP contribution in [0.5, 0.6) is 0 Å². The van der Waals surface area contributed by atoms with E-state index in [1.807, 2.05) is 36.9 Å². The second-order valence-electron chi connectivity index (χ2n) is 10.2. The molecule has 4 aromatic carbocycles. The van der Waals surface area contributed by atoms with E-state index in [1.54, 1.807) is 0 Å². The SMILES string of the molecule is c1ccc(-n2c3cnccc3c3c2ncc2c4ncccc4n(-c4cc5ccccc5c5ccccc45)c23)cc1. The summed E-state index contributed by atoms with van der Waals surface area (Å²) in [5.74, 6) is 0. The van der Waals surface area contributed by atoms with Crippen molar-refractivity contribution in [1.29, 1.82) is 0 Å². The predicted octanol–water partition coefficient (Wildman–Crippen LogP) is 8.37. The van der Waals surface area contributed by atoms with Crippen molar-refractivity contribution in [1.82, 2.24) is 24.1 Å². The van der Waals surface area contributed by atoms with Gasteiger partial charge in [0.1, 0.15) is 5.65 Å². The summed E-state index contributed by atoms with van der Waals surface area (Å²) in [7, 11) is 0. The number of fused-ring (bicyclic) bond motifs is 10. The van der Waals surface area contributed by atoms with Crippen molar-refractivity contribution in [3.8, 4) is 11.4 Å². The maximum atomic E-state index is 5.07. The van der Waals surface area contributed by atoms with Crippen molar-refractivity contribution in [2.45, 2.75) is 0 Å². The normalized spacial score (nSPS) is 12.0. The topological polar surface area (TPSA) is 48.5 Å². The predicted molar refractivity (Wildman–Crippen MR) is 164 cm³/mol. The van der Waals surface area contributed by atoms with Gasteiger partial charge in [0.15, 0.2) is 0 Å². The van der Waals surface area contributed by atoms with Gasteiger partial charge in [-0.1, -0.05) is 66.7 Å². The zero-order valence-electron chi connectivity index (χ0n) is 21.4. The fourth-order valence-electron chi connectivity index (χ4n) is 6.42. The van der Waals surface area contributed by atoms with Crippen LogP contribution in [0, 0.1) is 0 Å². The van der Waals surface area contributed by atoms with Crippen LogP contribution in [0.15, 0.2) is 128 Å². The van der Waals surface area contributed by atoms with Gasteiger partial charge in [0.2, 0.25) is 0 Å². The number of hydrogen-bond acceptors (Lipinski definition) is 3. The van der Waals surface area contributed by atoms with Gasteiger partial charge < -0.3 is 4.57 Å². The van der Waals surface area contributed by atoms with E-state index >= 15 is 0 Å². The van der Waals surface area contributed by atoms with Gasteiger partial charge in [-0.15, -0.1) is 0 Å². The average Bonchev–Trinajstić information content (AvgIpc) is 3.54. The molecular formula is C35H21N5. The molecule has 40 heavy (non-hydrogen) atoms. The molecule has 0 radical (unpaired) electrons. The molecule has 5 nitrogen and oxygen atoms in total. The molecule has 0 amide bonds. The van der Waals surface area contributed by atoms with E-state index in [4.69, 9.17) is 9.97 Å². The monoisotopic (exact) mass is 511 g/mol. The summed E-state index contributed by atoms with van der Waals surface area (Å²) in [5, 5.41) is 8.12. The minimum atomic E-state index is 0.899. The fraction of sp³-hybridized carbons (Fsp3) is 0. The molecule has 0 aliphatic carbocycles. The van der Waals surface area contributed by atoms with E-state index in [1.165, 1.54) is 21.5 Å². The van der Waals surface area contributed by atoms with E-state index in [0.29, 0.717) is 0 Å². The molecule has 5 heterocycles. The standard InChI is InChI=1S/C35H21N5/c1-2-10-23(11-3-1)39-31-21-36-18-16-27(31)32-34-28(20-38-35(32)39)33-29(15-8-17-37-33)40(34)30-19-22-9-4-5-12-24(22)25-13-6-7-14-26(25)30/h1-21H. The number of benzene rings is 4. The van der Waals surface area contributed by atoms with Crippen LogP contribution in [0.2, 0.25) is 0 Å². The summed E-state index contributed by atoms with van der Waals surface area (Å²) in [4.78, 5) is 14.4. The Kier molecular flexibility index (Phi) is 4.27. The molecule has 0 saturated heterocycles. The minimum Gasteiger partial charge on any atom is -0.306 e. The summed E-state index contributed by atoms with van der Waals surface area (Å²) in [6.45, 7) is 0. The van der Waals surface area contributed by atoms with E-state index in [2.05, 4.69) is 105 Å². The van der Waals surface area contributed by atoms with Crippen molar-refractivity contribution >= 4 is 65.4 Å². The molecule has 5 heteroatoms. The number of hydrogen-bond donors (Lipinski definition) is 0. The Morgan fingerprint density at radius 3 is 2.23 bits per heavy atom. The summed E-state index contributed by atoms with van der Waals surface area (Å²) in [5.41, 5.74) is 7.21. The van der Waals surface area contributed by atoms with Crippen LogP contribution >= 0.6 is 0 Å². The van der Waals surface area contributed by atoms with E-state index in [0.717, 1.165) is 55.2 Å². The first-order chi connectivity index (χ1) is 19.9. The van der Waals surface area contributed by atoms with Crippen molar-refractivity contribution in [3.63, 3.8) is 0 Å². The average molecular weight is 512 g/mol. The third-order valence-corrected chi connectivity index (χ3v) is 8.06. The van der Waals surface area contributed by atoms with E-state index < -0.39 is 0 Å². The summed E-state index contributed by atoms with van der Waals surface area (Å²) < 4.78 is 4.61. The number of rotatable bonds is 2. The van der Waals surface area contributed by atoms with Crippen LogP contribution < -0.4 is 0 Å². The molecule has 0 fully saturated rings. The Labute approximate surface area is 228 Å². The number of nitrogens with zero attached hydrogens (tertiary/aromatic N) is 5. The lowest BCUT2D eigenvalue weighted by Crippen LogP contribution is -1.98. The minimum absolute atomic E-state index is 0.899.